The van der Waals surface area contributed by atoms with E-state index in [1.165, 1.54) is 0 Å². The van der Waals surface area contributed by atoms with Crippen LogP contribution >= 0.6 is 0 Å². The Hall–Kier alpha value is -1.62. The van der Waals surface area contributed by atoms with Gasteiger partial charge in [-0.25, -0.2) is 0 Å². The van der Waals surface area contributed by atoms with Crippen molar-refractivity contribution in [1.82, 2.24) is 10.3 Å². The molecule has 1 aromatic heterocycles. The van der Waals surface area contributed by atoms with Crippen LogP contribution in [0, 0.1) is 13.8 Å². The summed E-state index contributed by atoms with van der Waals surface area (Å²) >= 11 is 0. The number of aromatic nitrogens is 1. The molecule has 0 aliphatic carbocycles. The van der Waals surface area contributed by atoms with E-state index in [9.17, 15) is 4.79 Å². The van der Waals surface area contributed by atoms with Crippen molar-refractivity contribution < 1.29 is 9.53 Å². The molecule has 0 radical (unpaired) electrons. The first-order valence-corrected chi connectivity index (χ1v) is 5.96. The number of nitrogens with one attached hydrogen (secondary N) is 1. The summed E-state index contributed by atoms with van der Waals surface area (Å²) in [5, 5.41) is 3.22. The molecule has 18 heavy (non-hydrogen) atoms. The number of nitrogens with two attached hydrogens (primary N) is 1. The Kier molecular flexibility index (Phi) is 5.09. The van der Waals surface area contributed by atoms with Crippen molar-refractivity contribution in [1.29, 1.82) is 0 Å². The molecule has 1 atom stereocenters. The molecule has 0 spiro atoms. The van der Waals surface area contributed by atoms with Crippen molar-refractivity contribution in [2.75, 3.05) is 7.11 Å². The fourth-order valence-electron chi connectivity index (χ4n) is 1.89. The smallest absolute Gasteiger partial charge is 0.218 e. The summed E-state index contributed by atoms with van der Waals surface area (Å²) in [6.45, 7) is 6.46. The maximum Gasteiger partial charge on any atom is 0.218 e. The second-order valence-corrected chi connectivity index (χ2v) is 4.50. The van der Waals surface area contributed by atoms with E-state index in [0.29, 0.717) is 13.0 Å². The minimum atomic E-state index is -0.304. The van der Waals surface area contributed by atoms with Crippen LogP contribution in [-0.2, 0) is 11.3 Å². The zero-order valence-electron chi connectivity index (χ0n) is 11.4. The average Bonchev–Trinajstić information content (AvgIpc) is 2.27. The Morgan fingerprint density at radius 1 is 1.56 bits per heavy atom. The Morgan fingerprint density at radius 2 is 2.22 bits per heavy atom. The van der Waals surface area contributed by atoms with Gasteiger partial charge in [0.25, 0.3) is 0 Å². The largest absolute Gasteiger partial charge is 0.496 e. The number of rotatable bonds is 6. The highest BCUT2D eigenvalue weighted by molar-refractivity contribution is 5.74. The monoisotopic (exact) mass is 251 g/mol. The molecule has 1 amide bonds. The van der Waals surface area contributed by atoms with E-state index < -0.39 is 0 Å². The Bertz CT molecular complexity index is 432. The van der Waals surface area contributed by atoms with Crippen molar-refractivity contribution in [2.45, 2.75) is 39.8 Å². The molecule has 0 fully saturated rings. The van der Waals surface area contributed by atoms with Crippen LogP contribution in [-0.4, -0.2) is 24.0 Å². The number of pyridine rings is 1. The first-order chi connectivity index (χ1) is 8.45. The predicted molar refractivity (Wildman–Crippen MR) is 70.4 cm³/mol. The number of methoxy groups -OCH3 is 1. The lowest BCUT2D eigenvalue weighted by Crippen LogP contribution is -2.31. The van der Waals surface area contributed by atoms with E-state index in [1.807, 2.05) is 20.8 Å². The van der Waals surface area contributed by atoms with Gasteiger partial charge in [0, 0.05) is 36.3 Å². The fourth-order valence-corrected chi connectivity index (χ4v) is 1.89. The molecule has 1 heterocycles. The number of ether oxygens (including phenoxy) is 1. The first kappa shape index (κ1) is 14.4. The molecule has 1 rings (SSSR count). The standard InChI is InChI=1S/C13H21N3O2/c1-8-6-16-11(10(3)13(8)18-4)7-15-9(2)5-12(14)17/h6,9,15H,5,7H2,1-4H3,(H2,14,17). The number of carbonyl (C=O) groups excluding carboxylic acids is 1. The predicted octanol–water partition coefficient (Wildman–Crippen LogP) is 1.06. The highest BCUT2D eigenvalue weighted by Gasteiger charge is 2.11. The van der Waals surface area contributed by atoms with Gasteiger partial charge in [-0.1, -0.05) is 0 Å². The molecule has 0 saturated heterocycles. The normalized spacial score (nSPS) is 12.2. The number of hydrogen-bond donors (Lipinski definition) is 2. The minimum absolute atomic E-state index is 0.0380. The highest BCUT2D eigenvalue weighted by Crippen LogP contribution is 2.23. The van der Waals surface area contributed by atoms with Crippen LogP contribution in [0.2, 0.25) is 0 Å². The molecule has 3 N–H and O–H groups in total. The highest BCUT2D eigenvalue weighted by atomic mass is 16.5. The molecule has 0 aromatic carbocycles. The molecular formula is C13H21N3O2. The lowest BCUT2D eigenvalue weighted by molar-refractivity contribution is -0.118. The molecular weight excluding hydrogens is 230 g/mol. The molecule has 0 aliphatic heterocycles. The molecule has 5 heteroatoms. The van der Waals surface area contributed by atoms with Crippen molar-refractivity contribution in [3.8, 4) is 5.75 Å². The van der Waals surface area contributed by atoms with Crippen molar-refractivity contribution in [3.05, 3.63) is 23.0 Å². The Morgan fingerprint density at radius 3 is 2.78 bits per heavy atom. The van der Waals surface area contributed by atoms with Crippen LogP contribution in [0.4, 0.5) is 0 Å². The maximum absolute atomic E-state index is 10.8. The molecule has 1 unspecified atom stereocenters. The van der Waals surface area contributed by atoms with Crippen LogP contribution in [0.15, 0.2) is 6.20 Å². The van der Waals surface area contributed by atoms with Crippen molar-refractivity contribution >= 4 is 5.91 Å². The van der Waals surface area contributed by atoms with E-state index in [2.05, 4.69) is 10.3 Å². The zero-order valence-corrected chi connectivity index (χ0v) is 11.4. The van der Waals surface area contributed by atoms with Crippen LogP contribution < -0.4 is 15.8 Å². The van der Waals surface area contributed by atoms with Gasteiger partial charge in [-0.05, 0) is 20.8 Å². The van der Waals surface area contributed by atoms with E-state index in [4.69, 9.17) is 10.5 Å². The molecule has 5 nitrogen and oxygen atoms in total. The molecule has 1 aromatic rings. The second kappa shape index (κ2) is 6.35. The van der Waals surface area contributed by atoms with Crippen molar-refractivity contribution in [3.63, 3.8) is 0 Å². The molecule has 0 aliphatic rings. The topological polar surface area (TPSA) is 77.2 Å². The Balaban J connectivity index is 2.71. The SMILES string of the molecule is COc1c(C)cnc(CNC(C)CC(N)=O)c1C. The maximum atomic E-state index is 10.8. The number of carbonyl (C=O) groups is 1. The van der Waals surface area contributed by atoms with Gasteiger partial charge in [0.1, 0.15) is 5.75 Å². The third-order valence-corrected chi connectivity index (χ3v) is 2.88. The van der Waals surface area contributed by atoms with Gasteiger partial charge in [0.15, 0.2) is 0 Å². The summed E-state index contributed by atoms with van der Waals surface area (Å²) < 4.78 is 5.35. The summed E-state index contributed by atoms with van der Waals surface area (Å²) in [4.78, 5) is 15.2. The van der Waals surface area contributed by atoms with Crippen LogP contribution in [0.1, 0.15) is 30.2 Å². The quantitative estimate of drug-likeness (QED) is 0.792. The van der Waals surface area contributed by atoms with Gasteiger partial charge >= 0.3 is 0 Å². The number of amides is 1. The first-order valence-electron chi connectivity index (χ1n) is 5.96. The third kappa shape index (κ3) is 3.70. The van der Waals surface area contributed by atoms with Crippen LogP contribution in [0.25, 0.3) is 0 Å². The second-order valence-electron chi connectivity index (χ2n) is 4.50. The van der Waals surface area contributed by atoms with Gasteiger partial charge in [0.05, 0.1) is 12.8 Å². The zero-order chi connectivity index (χ0) is 13.7. The molecule has 0 saturated carbocycles. The lowest BCUT2D eigenvalue weighted by atomic mass is 10.1. The number of aryl methyl sites for hydroxylation is 1. The molecule has 100 valence electrons. The summed E-state index contributed by atoms with van der Waals surface area (Å²) in [7, 11) is 1.66. The number of nitrogens with zero attached hydrogens (tertiary/aromatic N) is 1. The minimum Gasteiger partial charge on any atom is -0.496 e. The van der Waals surface area contributed by atoms with E-state index in [-0.39, 0.29) is 11.9 Å². The van der Waals surface area contributed by atoms with Crippen molar-refractivity contribution in [2.24, 2.45) is 5.73 Å². The number of primary amides is 1. The third-order valence-electron chi connectivity index (χ3n) is 2.88. The van der Waals surface area contributed by atoms with Gasteiger partial charge in [-0.2, -0.15) is 0 Å². The summed E-state index contributed by atoms with van der Waals surface area (Å²) in [5.41, 5.74) is 8.11. The fraction of sp³-hybridized carbons (Fsp3) is 0.538. The van der Waals surface area contributed by atoms with Crippen LogP contribution in [0.5, 0.6) is 5.75 Å². The van der Waals surface area contributed by atoms with E-state index >= 15 is 0 Å². The van der Waals surface area contributed by atoms with Gasteiger partial charge in [0.2, 0.25) is 5.91 Å². The van der Waals surface area contributed by atoms with Crippen LogP contribution in [0.3, 0.4) is 0 Å². The van der Waals surface area contributed by atoms with Gasteiger partial charge in [-0.15, -0.1) is 0 Å². The van der Waals surface area contributed by atoms with E-state index in [1.54, 1.807) is 13.3 Å². The molecule has 0 bridgehead atoms. The Labute approximate surface area is 108 Å². The number of hydrogen-bond acceptors (Lipinski definition) is 4. The summed E-state index contributed by atoms with van der Waals surface area (Å²) in [6.07, 6.45) is 2.11. The summed E-state index contributed by atoms with van der Waals surface area (Å²) in [6, 6.07) is 0.0380. The lowest BCUT2D eigenvalue weighted by Gasteiger charge is -2.15. The van der Waals surface area contributed by atoms with Gasteiger partial charge < -0.3 is 15.8 Å². The average molecular weight is 251 g/mol. The van der Waals surface area contributed by atoms with Gasteiger partial charge in [-0.3, -0.25) is 9.78 Å². The van der Waals surface area contributed by atoms with E-state index in [0.717, 1.165) is 22.6 Å². The summed E-state index contributed by atoms with van der Waals surface area (Å²) in [5.74, 6) is 0.561.